The van der Waals surface area contributed by atoms with E-state index in [1.807, 2.05) is 20.8 Å². The average molecular weight is 284 g/mol. The molecule has 0 aliphatic heterocycles. The van der Waals surface area contributed by atoms with Gasteiger partial charge in [0.1, 0.15) is 0 Å². The Hall–Kier alpha value is -1.33. The van der Waals surface area contributed by atoms with Gasteiger partial charge >= 0.3 is 6.03 Å². The maximum atomic E-state index is 12.2. The first-order valence-electron chi connectivity index (χ1n) is 5.51. The summed E-state index contributed by atoms with van der Waals surface area (Å²) in [7, 11) is 0. The number of halogens is 1. The van der Waals surface area contributed by atoms with Gasteiger partial charge in [-0.15, -0.1) is 0 Å². The molecular formula is C12H14ClN3OS. The quantitative estimate of drug-likeness (QED) is 0.724. The Kier molecular flexibility index (Phi) is 3.21. The number of carbonyl (C=O) groups is 1. The number of nitrogens with zero attached hydrogens (tertiary/aromatic N) is 1. The summed E-state index contributed by atoms with van der Waals surface area (Å²) in [5.74, 6) is 0. The molecule has 0 saturated carbocycles. The minimum absolute atomic E-state index is 0.249. The number of nitrogens with one attached hydrogen (secondary N) is 2. The van der Waals surface area contributed by atoms with Gasteiger partial charge in [-0.1, -0.05) is 11.6 Å². The van der Waals surface area contributed by atoms with Crippen LogP contribution in [0.15, 0.2) is 18.2 Å². The predicted octanol–water partition coefficient (Wildman–Crippen LogP) is 3.71. The molecule has 0 atom stereocenters. The van der Waals surface area contributed by atoms with Gasteiger partial charge in [-0.2, -0.15) is 0 Å². The van der Waals surface area contributed by atoms with Crippen molar-refractivity contribution in [2.75, 3.05) is 0 Å². The van der Waals surface area contributed by atoms with Crippen molar-refractivity contribution in [2.24, 2.45) is 0 Å². The molecule has 0 unspecified atom stereocenters. The van der Waals surface area contributed by atoms with Gasteiger partial charge < -0.3 is 10.3 Å². The first-order valence-corrected chi connectivity index (χ1v) is 6.29. The lowest BCUT2D eigenvalue weighted by atomic mass is 10.1. The molecule has 0 fully saturated rings. The third-order valence-electron chi connectivity index (χ3n) is 2.33. The Balaban J connectivity index is 2.54. The summed E-state index contributed by atoms with van der Waals surface area (Å²) in [4.78, 5) is 15.1. The number of carbonyl (C=O) groups excluding carboxylic acids is 1. The Morgan fingerprint density at radius 3 is 2.72 bits per heavy atom. The van der Waals surface area contributed by atoms with Crippen molar-refractivity contribution in [1.29, 1.82) is 0 Å². The zero-order valence-electron chi connectivity index (χ0n) is 10.4. The Morgan fingerprint density at radius 2 is 2.11 bits per heavy atom. The number of hydrogen-bond donors (Lipinski definition) is 2. The van der Waals surface area contributed by atoms with E-state index in [0.29, 0.717) is 15.3 Å². The van der Waals surface area contributed by atoms with E-state index < -0.39 is 0 Å². The molecule has 0 aliphatic carbocycles. The van der Waals surface area contributed by atoms with E-state index in [9.17, 15) is 4.79 Å². The van der Waals surface area contributed by atoms with Crippen molar-refractivity contribution >= 4 is 40.9 Å². The number of hydrogen-bond acceptors (Lipinski definition) is 2. The minimum atomic E-state index is -0.318. The van der Waals surface area contributed by atoms with Crippen LogP contribution in [-0.2, 0) is 0 Å². The van der Waals surface area contributed by atoms with E-state index in [2.05, 4.69) is 10.3 Å². The molecule has 0 spiro atoms. The van der Waals surface area contributed by atoms with Gasteiger partial charge in [0.15, 0.2) is 4.77 Å². The van der Waals surface area contributed by atoms with Crippen molar-refractivity contribution in [1.82, 2.24) is 14.9 Å². The molecule has 1 aromatic heterocycles. The van der Waals surface area contributed by atoms with Crippen molar-refractivity contribution < 1.29 is 4.79 Å². The second-order valence-corrected chi connectivity index (χ2v) is 5.93. The van der Waals surface area contributed by atoms with Gasteiger partial charge in [-0.3, -0.25) is 0 Å². The highest BCUT2D eigenvalue weighted by Gasteiger charge is 2.18. The summed E-state index contributed by atoms with van der Waals surface area (Å²) in [5.41, 5.74) is 1.14. The fourth-order valence-corrected chi connectivity index (χ4v) is 2.13. The molecule has 0 bridgehead atoms. The molecule has 96 valence electrons. The van der Waals surface area contributed by atoms with Crippen LogP contribution in [0.3, 0.4) is 0 Å². The number of imidazole rings is 1. The molecule has 2 N–H and O–H groups in total. The Morgan fingerprint density at radius 1 is 1.44 bits per heavy atom. The van der Waals surface area contributed by atoms with Crippen LogP contribution in [0.25, 0.3) is 11.0 Å². The van der Waals surface area contributed by atoms with Crippen LogP contribution < -0.4 is 5.32 Å². The molecule has 1 aromatic carbocycles. The summed E-state index contributed by atoms with van der Waals surface area (Å²) >= 11 is 11.1. The van der Waals surface area contributed by atoms with Crippen molar-refractivity contribution in [2.45, 2.75) is 26.3 Å². The SMILES string of the molecule is CC(C)(C)NC(=O)n1c(=S)[nH]c2cc(Cl)ccc21. The third-order valence-corrected chi connectivity index (χ3v) is 2.85. The normalized spacial score (nSPS) is 11.8. The zero-order valence-corrected chi connectivity index (χ0v) is 11.9. The molecule has 2 aromatic rings. The van der Waals surface area contributed by atoms with Crippen LogP contribution in [0.5, 0.6) is 0 Å². The van der Waals surface area contributed by atoms with Crippen molar-refractivity contribution in [3.05, 3.63) is 28.0 Å². The van der Waals surface area contributed by atoms with Gasteiger partial charge in [0.25, 0.3) is 0 Å². The predicted molar refractivity (Wildman–Crippen MR) is 75.8 cm³/mol. The van der Waals surface area contributed by atoms with Crippen molar-refractivity contribution in [3.63, 3.8) is 0 Å². The highest BCUT2D eigenvalue weighted by atomic mass is 35.5. The lowest BCUT2D eigenvalue weighted by molar-refractivity contribution is 0.234. The molecule has 2 rings (SSSR count). The second-order valence-electron chi connectivity index (χ2n) is 5.11. The van der Waals surface area contributed by atoms with Gasteiger partial charge in [-0.05, 0) is 51.2 Å². The van der Waals surface area contributed by atoms with E-state index in [1.165, 1.54) is 4.57 Å². The first kappa shape index (κ1) is 13.1. The van der Waals surface area contributed by atoms with E-state index >= 15 is 0 Å². The summed E-state index contributed by atoms with van der Waals surface area (Å²) in [6.07, 6.45) is 0. The van der Waals surface area contributed by atoms with Crippen LogP contribution in [0.4, 0.5) is 4.79 Å². The number of aromatic nitrogens is 2. The highest BCUT2D eigenvalue weighted by Crippen LogP contribution is 2.19. The molecule has 4 nitrogen and oxygen atoms in total. The number of H-pyrrole nitrogens is 1. The lowest BCUT2D eigenvalue weighted by Crippen LogP contribution is -2.42. The Bertz CT molecular complexity index is 666. The summed E-state index contributed by atoms with van der Waals surface area (Å²) < 4.78 is 1.79. The zero-order chi connectivity index (χ0) is 13.5. The number of benzene rings is 1. The average Bonchev–Trinajstić information content (AvgIpc) is 2.50. The molecule has 1 amide bonds. The molecule has 0 aliphatic rings. The summed E-state index contributed by atoms with van der Waals surface area (Å²) in [5, 5.41) is 3.47. The number of fused-ring (bicyclic) bond motifs is 1. The molecule has 0 saturated heterocycles. The highest BCUT2D eigenvalue weighted by molar-refractivity contribution is 7.71. The standard InChI is InChI=1S/C12H14ClN3OS/c1-12(2,3)15-10(17)16-9-5-4-7(13)6-8(9)14-11(16)18/h4-6H,1-3H3,(H,14,18)(H,15,17). The van der Waals surface area contributed by atoms with Crippen LogP contribution in [0.1, 0.15) is 20.8 Å². The maximum absolute atomic E-state index is 12.2. The monoisotopic (exact) mass is 283 g/mol. The molecule has 18 heavy (non-hydrogen) atoms. The first-order chi connectivity index (χ1) is 8.28. The van der Waals surface area contributed by atoms with E-state index in [-0.39, 0.29) is 11.6 Å². The maximum Gasteiger partial charge on any atom is 0.328 e. The summed E-state index contributed by atoms with van der Waals surface area (Å²) in [6, 6.07) is 4.99. The molecular weight excluding hydrogens is 270 g/mol. The van der Waals surface area contributed by atoms with E-state index in [1.54, 1.807) is 18.2 Å². The van der Waals surface area contributed by atoms with Gasteiger partial charge in [0, 0.05) is 10.6 Å². The number of rotatable bonds is 0. The fourth-order valence-electron chi connectivity index (χ4n) is 1.66. The van der Waals surface area contributed by atoms with Crippen LogP contribution in [0, 0.1) is 4.77 Å². The van der Waals surface area contributed by atoms with Gasteiger partial charge in [-0.25, -0.2) is 9.36 Å². The number of aromatic amines is 1. The van der Waals surface area contributed by atoms with Crippen molar-refractivity contribution in [3.8, 4) is 0 Å². The number of amides is 1. The molecule has 1 heterocycles. The largest absolute Gasteiger partial charge is 0.333 e. The second kappa shape index (κ2) is 4.40. The van der Waals surface area contributed by atoms with Crippen LogP contribution in [0.2, 0.25) is 5.02 Å². The van der Waals surface area contributed by atoms with E-state index in [0.717, 1.165) is 5.52 Å². The van der Waals surface area contributed by atoms with Crippen LogP contribution >= 0.6 is 23.8 Å². The Labute approximate surface area is 115 Å². The van der Waals surface area contributed by atoms with Gasteiger partial charge in [0.05, 0.1) is 11.0 Å². The molecule has 0 radical (unpaired) electrons. The minimum Gasteiger partial charge on any atom is -0.333 e. The topological polar surface area (TPSA) is 49.8 Å². The lowest BCUT2D eigenvalue weighted by Gasteiger charge is -2.20. The smallest absolute Gasteiger partial charge is 0.328 e. The fraction of sp³-hybridized carbons (Fsp3) is 0.333. The van der Waals surface area contributed by atoms with E-state index in [4.69, 9.17) is 23.8 Å². The molecule has 6 heteroatoms. The third kappa shape index (κ3) is 2.57. The van der Waals surface area contributed by atoms with Crippen LogP contribution in [-0.4, -0.2) is 21.1 Å². The summed E-state index contributed by atoms with van der Waals surface area (Å²) in [6.45, 7) is 5.75. The van der Waals surface area contributed by atoms with Gasteiger partial charge in [0.2, 0.25) is 0 Å².